The van der Waals surface area contributed by atoms with Crippen molar-refractivity contribution in [3.05, 3.63) is 203 Å². The zero-order chi connectivity index (χ0) is 37.5. The minimum atomic E-state index is 0.666. The zero-order valence-corrected chi connectivity index (χ0v) is 31.3. The van der Waals surface area contributed by atoms with Crippen molar-refractivity contribution in [2.45, 2.75) is 0 Å². The van der Waals surface area contributed by atoms with Gasteiger partial charge in [0.25, 0.3) is 0 Å². The topological polar surface area (TPSA) is 50.5 Å². The Morgan fingerprint density at radius 3 is 1.84 bits per heavy atom. The molecule has 0 saturated heterocycles. The molecule has 0 atom stereocenters. The minimum Gasteiger partial charge on any atom is -0.248 e. The SMILES string of the molecule is c1ccc(-c2ccccc2-c2ccccc2-c2ccc3c(c2-c2nc(-c4ccccc4)c4sc5ccccc5c4n2)-c2c4c(ccc2=N3)=c2ccccc2=N4)cc1. The van der Waals surface area contributed by atoms with Crippen molar-refractivity contribution >= 4 is 43.0 Å². The summed E-state index contributed by atoms with van der Waals surface area (Å²) >= 11 is 1.75. The van der Waals surface area contributed by atoms with Gasteiger partial charge >= 0.3 is 0 Å². The lowest BCUT2D eigenvalue weighted by molar-refractivity contribution is 1.24. The molecule has 0 N–H and O–H groups in total. The van der Waals surface area contributed by atoms with E-state index in [0.29, 0.717) is 5.82 Å². The predicted octanol–water partition coefficient (Wildman–Crippen LogP) is 12.7. The van der Waals surface area contributed by atoms with Crippen molar-refractivity contribution in [3.8, 4) is 67.2 Å². The lowest BCUT2D eigenvalue weighted by atomic mass is 9.85. The summed E-state index contributed by atoms with van der Waals surface area (Å²) in [6.07, 6.45) is 0. The number of para-hydroxylation sites is 1. The van der Waals surface area contributed by atoms with Gasteiger partial charge in [-0.3, -0.25) is 0 Å². The molecule has 2 aromatic heterocycles. The van der Waals surface area contributed by atoms with E-state index in [9.17, 15) is 0 Å². The van der Waals surface area contributed by atoms with Gasteiger partial charge in [0, 0.05) is 42.8 Å². The molecular formula is C52H30N4S. The van der Waals surface area contributed by atoms with E-state index in [1.165, 1.54) is 15.8 Å². The number of aromatic nitrogens is 2. The summed E-state index contributed by atoms with van der Waals surface area (Å²) < 4.78 is 2.26. The van der Waals surface area contributed by atoms with Gasteiger partial charge in [-0.15, -0.1) is 11.3 Å². The highest BCUT2D eigenvalue weighted by molar-refractivity contribution is 7.26. The molecule has 2 aliphatic heterocycles. The molecule has 8 aromatic carbocycles. The Balaban J connectivity index is 1.22. The van der Waals surface area contributed by atoms with Gasteiger partial charge in [-0.25, -0.2) is 20.0 Å². The molecule has 4 heterocycles. The lowest BCUT2D eigenvalue weighted by Gasteiger charge is -2.19. The average molecular weight is 743 g/mol. The molecular weight excluding hydrogens is 713 g/mol. The van der Waals surface area contributed by atoms with Crippen molar-refractivity contribution in [2.24, 2.45) is 9.98 Å². The highest BCUT2D eigenvalue weighted by Gasteiger charge is 2.30. The summed E-state index contributed by atoms with van der Waals surface area (Å²) in [7, 11) is 0. The second kappa shape index (κ2) is 12.6. The number of rotatable bonds is 5. The van der Waals surface area contributed by atoms with E-state index in [-0.39, 0.29) is 0 Å². The molecule has 0 aliphatic carbocycles. The van der Waals surface area contributed by atoms with Crippen LogP contribution in [0.4, 0.5) is 11.4 Å². The first kappa shape index (κ1) is 32.0. The van der Waals surface area contributed by atoms with Crippen LogP contribution in [0.25, 0.3) is 87.5 Å². The highest BCUT2D eigenvalue weighted by atomic mass is 32.1. The van der Waals surface area contributed by atoms with Crippen molar-refractivity contribution in [2.75, 3.05) is 0 Å². The van der Waals surface area contributed by atoms with Crippen LogP contribution in [0.15, 0.2) is 192 Å². The summed E-state index contributed by atoms with van der Waals surface area (Å²) in [6, 6.07) is 64.3. The zero-order valence-electron chi connectivity index (χ0n) is 30.5. The van der Waals surface area contributed by atoms with Gasteiger partial charge in [0.15, 0.2) is 5.82 Å². The number of fused-ring (bicyclic) bond motifs is 9. The van der Waals surface area contributed by atoms with E-state index < -0.39 is 0 Å². The number of hydrogen-bond acceptors (Lipinski definition) is 5. The Bertz CT molecular complexity index is 3520. The van der Waals surface area contributed by atoms with E-state index >= 15 is 0 Å². The molecule has 0 bridgehead atoms. The molecule has 0 amide bonds. The molecule has 0 radical (unpaired) electrons. The summed E-state index contributed by atoms with van der Waals surface area (Å²) in [5, 5.41) is 5.26. The predicted molar refractivity (Wildman–Crippen MR) is 233 cm³/mol. The largest absolute Gasteiger partial charge is 0.248 e. The fraction of sp³-hybridized carbons (Fsp3) is 0. The molecule has 10 aromatic rings. The second-order valence-corrected chi connectivity index (χ2v) is 15.5. The Labute approximate surface area is 331 Å². The summed E-state index contributed by atoms with van der Waals surface area (Å²) in [5.41, 5.74) is 14.6. The number of hydrogen-bond donors (Lipinski definition) is 0. The molecule has 12 rings (SSSR count). The van der Waals surface area contributed by atoms with Gasteiger partial charge < -0.3 is 0 Å². The normalized spacial score (nSPS) is 12.1. The fourth-order valence-electron chi connectivity index (χ4n) is 8.73. The molecule has 2 aliphatic rings. The summed E-state index contributed by atoms with van der Waals surface area (Å²) in [4.78, 5) is 21.7. The van der Waals surface area contributed by atoms with E-state index in [4.69, 9.17) is 20.0 Å². The first-order valence-electron chi connectivity index (χ1n) is 19.1. The van der Waals surface area contributed by atoms with Crippen LogP contribution >= 0.6 is 11.3 Å². The van der Waals surface area contributed by atoms with Crippen LogP contribution in [0.1, 0.15) is 0 Å². The Morgan fingerprint density at radius 1 is 0.386 bits per heavy atom. The third-order valence-electron chi connectivity index (χ3n) is 11.3. The fourth-order valence-corrected chi connectivity index (χ4v) is 9.89. The summed E-state index contributed by atoms with van der Waals surface area (Å²) in [5.74, 6) is 0.666. The van der Waals surface area contributed by atoms with Gasteiger partial charge in [-0.2, -0.15) is 0 Å². The Morgan fingerprint density at radius 2 is 1.04 bits per heavy atom. The van der Waals surface area contributed by atoms with Gasteiger partial charge in [-0.1, -0.05) is 152 Å². The molecule has 0 spiro atoms. The van der Waals surface area contributed by atoms with Crippen LogP contribution in [0.5, 0.6) is 0 Å². The molecule has 0 saturated carbocycles. The number of thiophene rings is 1. The average Bonchev–Trinajstić information content (AvgIpc) is 3.98. The van der Waals surface area contributed by atoms with Crippen LogP contribution in [0.2, 0.25) is 0 Å². The van der Waals surface area contributed by atoms with Gasteiger partial charge in [-0.05, 0) is 63.7 Å². The first-order valence-corrected chi connectivity index (χ1v) is 20.0. The molecule has 0 fully saturated rings. The monoisotopic (exact) mass is 742 g/mol. The highest BCUT2D eigenvalue weighted by Crippen LogP contribution is 2.51. The van der Waals surface area contributed by atoms with Gasteiger partial charge in [0.05, 0.1) is 38.0 Å². The van der Waals surface area contributed by atoms with Crippen LogP contribution in [0, 0.1) is 10.4 Å². The first-order chi connectivity index (χ1) is 28.3. The molecule has 57 heavy (non-hydrogen) atoms. The summed E-state index contributed by atoms with van der Waals surface area (Å²) in [6.45, 7) is 0. The van der Waals surface area contributed by atoms with E-state index in [1.54, 1.807) is 11.3 Å². The van der Waals surface area contributed by atoms with Crippen molar-refractivity contribution < 1.29 is 0 Å². The Hall–Kier alpha value is -7.34. The Kier molecular flexibility index (Phi) is 7.06. The van der Waals surface area contributed by atoms with Crippen LogP contribution < -0.4 is 10.7 Å². The molecule has 4 nitrogen and oxygen atoms in total. The maximum absolute atomic E-state index is 5.60. The van der Waals surface area contributed by atoms with Crippen LogP contribution in [0.3, 0.4) is 0 Å². The maximum Gasteiger partial charge on any atom is 0.161 e. The minimum absolute atomic E-state index is 0.666. The molecule has 264 valence electrons. The van der Waals surface area contributed by atoms with Gasteiger partial charge in [0.2, 0.25) is 0 Å². The van der Waals surface area contributed by atoms with E-state index in [0.717, 1.165) is 98.3 Å². The third kappa shape index (κ3) is 4.93. The van der Waals surface area contributed by atoms with Crippen molar-refractivity contribution in [3.63, 3.8) is 0 Å². The van der Waals surface area contributed by atoms with Crippen molar-refractivity contribution in [1.29, 1.82) is 0 Å². The van der Waals surface area contributed by atoms with Crippen LogP contribution in [-0.2, 0) is 0 Å². The van der Waals surface area contributed by atoms with E-state index in [2.05, 4.69) is 182 Å². The van der Waals surface area contributed by atoms with Crippen molar-refractivity contribution in [1.82, 2.24) is 9.97 Å². The second-order valence-electron chi connectivity index (χ2n) is 14.5. The molecule has 5 heteroatoms. The quantitative estimate of drug-likeness (QED) is 0.176. The smallest absolute Gasteiger partial charge is 0.161 e. The standard InChI is InChI=1S/C52H30N4S/c1-3-15-31(16-4-1)33-19-7-8-20-34(33)35-21-9-10-22-36(35)38-27-29-42-46(47-43(53-42)30-28-39-37-23-11-13-25-41(37)54-49(39)47)45(38)52-55-48(32-17-5-2-6-18-32)51-50(56-52)40-24-12-14-26-44(40)57-51/h1-30H. The molecule has 0 unspecified atom stereocenters. The van der Waals surface area contributed by atoms with E-state index in [1.807, 2.05) is 0 Å². The number of benzene rings is 8. The van der Waals surface area contributed by atoms with Crippen LogP contribution in [-0.4, -0.2) is 9.97 Å². The van der Waals surface area contributed by atoms with Gasteiger partial charge in [0.1, 0.15) is 0 Å². The maximum atomic E-state index is 5.60. The lowest BCUT2D eigenvalue weighted by Crippen LogP contribution is -2.03. The number of nitrogens with zero attached hydrogens (tertiary/aromatic N) is 4. The third-order valence-corrected chi connectivity index (χ3v) is 12.4.